The van der Waals surface area contributed by atoms with Gasteiger partial charge in [0.15, 0.2) is 0 Å². The fourth-order valence-corrected chi connectivity index (χ4v) is 3.83. The van der Waals surface area contributed by atoms with Gasteiger partial charge in [-0.1, -0.05) is 42.5 Å². The van der Waals surface area contributed by atoms with Gasteiger partial charge in [0, 0.05) is 5.92 Å². The Morgan fingerprint density at radius 2 is 1.96 bits per heavy atom. The molecule has 0 aromatic heterocycles. The van der Waals surface area contributed by atoms with Gasteiger partial charge in [-0.15, -0.1) is 0 Å². The van der Waals surface area contributed by atoms with Crippen LogP contribution in [-0.4, -0.2) is 12.6 Å². The maximum absolute atomic E-state index is 12.0. The van der Waals surface area contributed by atoms with Gasteiger partial charge in [0.05, 0.1) is 12.5 Å². The van der Waals surface area contributed by atoms with Crippen molar-refractivity contribution in [2.75, 3.05) is 6.61 Å². The molecule has 0 N–H and O–H groups in total. The fraction of sp³-hybridized carbons (Fsp3) is 0.350. The second-order valence-electron chi connectivity index (χ2n) is 6.27. The third kappa shape index (κ3) is 2.50. The first kappa shape index (κ1) is 14.3. The standard InChI is InChI=1S/C20H20O3/c1-2-22-20(21)19-16-11-15-14(18(16)19)9-6-10-17(15)23-12-13-7-4-3-5-8-13/h3-10,16,18-19H,2,11-12H2,1H3/t16-,18+,19+/m1/s1. The molecule has 2 aliphatic rings. The maximum atomic E-state index is 12.0. The average Bonchev–Trinajstić information content (AvgIpc) is 3.17. The summed E-state index contributed by atoms with van der Waals surface area (Å²) in [6.45, 7) is 2.90. The molecular weight excluding hydrogens is 288 g/mol. The van der Waals surface area contributed by atoms with E-state index in [1.807, 2.05) is 37.3 Å². The molecule has 3 heteroatoms. The van der Waals surface area contributed by atoms with Gasteiger partial charge in [0.1, 0.15) is 12.4 Å². The van der Waals surface area contributed by atoms with Crippen LogP contribution in [0.3, 0.4) is 0 Å². The highest BCUT2D eigenvalue weighted by Gasteiger charge is 2.60. The van der Waals surface area contributed by atoms with Gasteiger partial charge in [0.2, 0.25) is 0 Å². The summed E-state index contributed by atoms with van der Waals surface area (Å²) in [4.78, 5) is 12.0. The molecule has 0 radical (unpaired) electrons. The molecule has 1 fully saturated rings. The minimum absolute atomic E-state index is 0.0382. The topological polar surface area (TPSA) is 35.5 Å². The van der Waals surface area contributed by atoms with Crippen molar-refractivity contribution in [3.05, 3.63) is 65.2 Å². The molecule has 0 heterocycles. The van der Waals surface area contributed by atoms with Crippen molar-refractivity contribution in [3.63, 3.8) is 0 Å². The summed E-state index contributed by atoms with van der Waals surface area (Å²) in [6.07, 6.45) is 0.925. The van der Waals surface area contributed by atoms with Gasteiger partial charge in [-0.3, -0.25) is 4.79 Å². The van der Waals surface area contributed by atoms with Crippen LogP contribution < -0.4 is 4.74 Å². The van der Waals surface area contributed by atoms with E-state index in [-0.39, 0.29) is 11.9 Å². The smallest absolute Gasteiger partial charge is 0.309 e. The maximum Gasteiger partial charge on any atom is 0.309 e. The lowest BCUT2D eigenvalue weighted by molar-refractivity contribution is -0.145. The van der Waals surface area contributed by atoms with Gasteiger partial charge in [-0.25, -0.2) is 0 Å². The van der Waals surface area contributed by atoms with Crippen LogP contribution >= 0.6 is 0 Å². The van der Waals surface area contributed by atoms with Crippen molar-refractivity contribution in [1.82, 2.24) is 0 Å². The number of hydrogen-bond acceptors (Lipinski definition) is 3. The van der Waals surface area contributed by atoms with Crippen LogP contribution in [0.15, 0.2) is 48.5 Å². The van der Waals surface area contributed by atoms with E-state index in [9.17, 15) is 4.79 Å². The Morgan fingerprint density at radius 3 is 2.74 bits per heavy atom. The second kappa shape index (κ2) is 5.73. The van der Waals surface area contributed by atoms with E-state index in [0.29, 0.717) is 25.0 Å². The number of ether oxygens (including phenoxy) is 2. The van der Waals surface area contributed by atoms with Crippen LogP contribution in [0, 0.1) is 11.8 Å². The molecule has 1 saturated carbocycles. The number of hydrogen-bond donors (Lipinski definition) is 0. The van der Waals surface area contributed by atoms with E-state index in [4.69, 9.17) is 9.47 Å². The second-order valence-corrected chi connectivity index (χ2v) is 6.27. The molecule has 23 heavy (non-hydrogen) atoms. The summed E-state index contributed by atoms with van der Waals surface area (Å²) in [5, 5.41) is 0. The summed E-state index contributed by atoms with van der Waals surface area (Å²) in [5.74, 6) is 1.73. The molecule has 3 nitrogen and oxygen atoms in total. The van der Waals surface area contributed by atoms with Gasteiger partial charge >= 0.3 is 5.97 Å². The molecule has 0 spiro atoms. The van der Waals surface area contributed by atoms with Gasteiger partial charge in [-0.2, -0.15) is 0 Å². The number of carbonyl (C=O) groups excluding carboxylic acids is 1. The zero-order chi connectivity index (χ0) is 15.8. The van der Waals surface area contributed by atoms with Crippen LogP contribution in [0.2, 0.25) is 0 Å². The lowest BCUT2D eigenvalue weighted by Gasteiger charge is -2.14. The molecule has 2 aromatic rings. The van der Waals surface area contributed by atoms with Gasteiger partial charge < -0.3 is 9.47 Å². The van der Waals surface area contributed by atoms with Crippen LogP contribution in [0.1, 0.15) is 29.5 Å². The highest BCUT2D eigenvalue weighted by molar-refractivity contribution is 5.80. The lowest BCUT2D eigenvalue weighted by Crippen LogP contribution is -2.11. The van der Waals surface area contributed by atoms with E-state index in [0.717, 1.165) is 17.7 Å². The molecule has 0 amide bonds. The number of carbonyl (C=O) groups is 1. The Kier molecular flexibility index (Phi) is 3.56. The van der Waals surface area contributed by atoms with Crippen LogP contribution in [-0.2, 0) is 22.6 Å². The number of fused-ring (bicyclic) bond motifs is 3. The molecule has 118 valence electrons. The Bertz CT molecular complexity index is 723. The van der Waals surface area contributed by atoms with Crippen LogP contribution in [0.4, 0.5) is 0 Å². The first-order chi connectivity index (χ1) is 11.3. The molecule has 0 aliphatic heterocycles. The predicted octanol–water partition coefficient (Wildman–Crippen LogP) is 3.71. The first-order valence-corrected chi connectivity index (χ1v) is 8.24. The molecule has 2 aromatic carbocycles. The predicted molar refractivity (Wildman–Crippen MR) is 87.3 cm³/mol. The van der Waals surface area contributed by atoms with Crippen molar-refractivity contribution in [3.8, 4) is 5.75 Å². The quantitative estimate of drug-likeness (QED) is 0.790. The minimum Gasteiger partial charge on any atom is -0.489 e. The Morgan fingerprint density at radius 1 is 1.13 bits per heavy atom. The van der Waals surface area contributed by atoms with E-state index < -0.39 is 0 Å². The summed E-state index contributed by atoms with van der Waals surface area (Å²) in [6, 6.07) is 16.4. The van der Waals surface area contributed by atoms with Crippen LogP contribution in [0.5, 0.6) is 5.75 Å². The fourth-order valence-electron chi connectivity index (χ4n) is 3.83. The highest BCUT2D eigenvalue weighted by atomic mass is 16.5. The molecule has 3 atom stereocenters. The number of rotatable bonds is 5. The summed E-state index contributed by atoms with van der Waals surface area (Å²) in [5.41, 5.74) is 3.72. The van der Waals surface area contributed by atoms with E-state index >= 15 is 0 Å². The highest BCUT2D eigenvalue weighted by Crippen LogP contribution is 2.63. The van der Waals surface area contributed by atoms with Crippen molar-refractivity contribution < 1.29 is 14.3 Å². The molecular formula is C20H20O3. The zero-order valence-corrected chi connectivity index (χ0v) is 13.2. The van der Waals surface area contributed by atoms with Crippen LogP contribution in [0.25, 0.3) is 0 Å². The molecule has 4 rings (SSSR count). The van der Waals surface area contributed by atoms with Crippen molar-refractivity contribution >= 4 is 5.97 Å². The molecule has 2 aliphatic carbocycles. The molecule has 0 unspecified atom stereocenters. The minimum atomic E-state index is -0.0382. The van der Waals surface area contributed by atoms with Crippen molar-refractivity contribution in [2.45, 2.75) is 25.9 Å². The average molecular weight is 308 g/mol. The first-order valence-electron chi connectivity index (χ1n) is 8.24. The number of benzene rings is 2. The Balaban J connectivity index is 1.49. The van der Waals surface area contributed by atoms with E-state index in [1.54, 1.807) is 0 Å². The van der Waals surface area contributed by atoms with Crippen molar-refractivity contribution in [1.29, 1.82) is 0 Å². The summed E-state index contributed by atoms with van der Waals surface area (Å²) < 4.78 is 11.2. The summed E-state index contributed by atoms with van der Waals surface area (Å²) in [7, 11) is 0. The van der Waals surface area contributed by atoms with Crippen molar-refractivity contribution in [2.24, 2.45) is 11.8 Å². The number of esters is 1. The SMILES string of the molecule is CCOC(=O)[C@H]1[C@@H]2Cc3c(OCc4ccccc4)cccc3[C@@H]21. The zero-order valence-electron chi connectivity index (χ0n) is 13.2. The van der Waals surface area contributed by atoms with Gasteiger partial charge in [-0.05, 0) is 42.0 Å². The van der Waals surface area contributed by atoms with Gasteiger partial charge in [0.25, 0.3) is 0 Å². The Hall–Kier alpha value is -2.29. The summed E-state index contributed by atoms with van der Waals surface area (Å²) >= 11 is 0. The lowest BCUT2D eigenvalue weighted by atomic mass is 10.0. The Labute approximate surface area is 136 Å². The normalized spacial score (nSPS) is 23.8. The largest absolute Gasteiger partial charge is 0.489 e. The monoisotopic (exact) mass is 308 g/mol. The van der Waals surface area contributed by atoms with E-state index in [1.165, 1.54) is 11.1 Å². The third-order valence-corrected chi connectivity index (χ3v) is 4.93. The molecule has 0 saturated heterocycles. The third-order valence-electron chi connectivity index (χ3n) is 4.93. The molecule has 0 bridgehead atoms. The van der Waals surface area contributed by atoms with E-state index in [2.05, 4.69) is 18.2 Å².